The summed E-state index contributed by atoms with van der Waals surface area (Å²) in [4.78, 5) is 33.9. The van der Waals surface area contributed by atoms with Gasteiger partial charge in [0.15, 0.2) is 0 Å². The minimum Gasteiger partial charge on any atom is -0.463 e. The molecule has 0 saturated carbocycles. The maximum atomic E-state index is 12.1. The molecule has 0 rings (SSSR count). The first-order valence-corrected chi connectivity index (χ1v) is 23.5. The molecule has 0 aliphatic heterocycles. The fourth-order valence-corrected chi connectivity index (χ4v) is 5.90. The van der Waals surface area contributed by atoms with Gasteiger partial charge in [0.25, 0.3) is 0 Å². The molecule has 3 N–H and O–H groups in total. The number of unbranched alkanes of at least 4 members (excludes halogenated alkanes) is 6. The number of phosphoric acid groups is 1. The SMILES string of the molecule is CC/C=C\C/C=C\C/C=C\C/C=C\C/C=C\CCCCCCCC(=O)OCC(O)COP(=O)(O)OCCNC(=O)CCC/C=C\C/C=C\C/C=C\C/C=C\C/C=C\CC. The number of aliphatic hydroxyl groups excluding tert-OH is 1. The molecular weight excluding hydrogens is 762 g/mol. The van der Waals surface area contributed by atoms with Crippen molar-refractivity contribution >= 4 is 19.7 Å². The Balaban J connectivity index is 3.74. The smallest absolute Gasteiger partial charge is 0.463 e. The molecule has 0 bridgehead atoms. The Morgan fingerprint density at radius 2 is 0.932 bits per heavy atom. The van der Waals surface area contributed by atoms with Gasteiger partial charge in [-0.25, -0.2) is 4.57 Å². The van der Waals surface area contributed by atoms with Gasteiger partial charge in [0.05, 0.1) is 13.2 Å². The highest BCUT2D eigenvalue weighted by Crippen LogP contribution is 2.42. The van der Waals surface area contributed by atoms with Crippen molar-refractivity contribution in [1.29, 1.82) is 0 Å². The highest BCUT2D eigenvalue weighted by molar-refractivity contribution is 7.47. The molecule has 9 nitrogen and oxygen atoms in total. The molecule has 59 heavy (non-hydrogen) atoms. The van der Waals surface area contributed by atoms with Crippen molar-refractivity contribution in [3.63, 3.8) is 0 Å². The average molecular weight is 840 g/mol. The number of carbonyl (C=O) groups excluding carboxylic acids is 2. The van der Waals surface area contributed by atoms with Crippen LogP contribution in [0.1, 0.15) is 142 Å². The maximum absolute atomic E-state index is 12.1. The molecule has 2 atom stereocenters. The number of rotatable bonds is 39. The van der Waals surface area contributed by atoms with E-state index in [9.17, 15) is 24.2 Å². The summed E-state index contributed by atoms with van der Waals surface area (Å²) in [7, 11) is -4.45. The third kappa shape index (κ3) is 45.3. The number of hydrogen-bond acceptors (Lipinski definition) is 7. The third-order valence-electron chi connectivity index (χ3n) is 8.39. The summed E-state index contributed by atoms with van der Waals surface area (Å²) in [5.41, 5.74) is 0. The molecule has 0 aromatic heterocycles. The van der Waals surface area contributed by atoms with Crippen LogP contribution in [0.25, 0.3) is 0 Å². The Morgan fingerprint density at radius 1 is 0.525 bits per heavy atom. The van der Waals surface area contributed by atoms with Crippen LogP contribution in [0.2, 0.25) is 0 Å². The Bertz CT molecular complexity index is 1370. The van der Waals surface area contributed by atoms with Crippen LogP contribution in [0.15, 0.2) is 122 Å². The molecule has 0 spiro atoms. The van der Waals surface area contributed by atoms with Crippen LogP contribution >= 0.6 is 7.82 Å². The lowest BCUT2D eigenvalue weighted by atomic mass is 10.1. The van der Waals surface area contributed by atoms with E-state index in [1.165, 1.54) is 0 Å². The monoisotopic (exact) mass is 840 g/mol. The number of hydrogen-bond donors (Lipinski definition) is 3. The summed E-state index contributed by atoms with van der Waals surface area (Å²) in [6, 6.07) is 0. The first-order valence-electron chi connectivity index (χ1n) is 22.0. The van der Waals surface area contributed by atoms with Crippen LogP contribution in [0.3, 0.4) is 0 Å². The number of amides is 1. The van der Waals surface area contributed by atoms with Gasteiger partial charge in [-0.05, 0) is 96.3 Å². The van der Waals surface area contributed by atoms with E-state index in [0.29, 0.717) is 19.3 Å². The second kappa shape index (κ2) is 44.0. The Labute approximate surface area is 358 Å². The molecule has 0 aromatic rings. The van der Waals surface area contributed by atoms with Gasteiger partial charge < -0.3 is 20.1 Å². The summed E-state index contributed by atoms with van der Waals surface area (Å²) in [5, 5.41) is 12.7. The van der Waals surface area contributed by atoms with Gasteiger partial charge in [0, 0.05) is 19.4 Å². The van der Waals surface area contributed by atoms with Gasteiger partial charge in [-0.2, -0.15) is 0 Å². The van der Waals surface area contributed by atoms with Gasteiger partial charge >= 0.3 is 13.8 Å². The number of phosphoric ester groups is 1. The number of nitrogens with one attached hydrogen (secondary N) is 1. The summed E-state index contributed by atoms with van der Waals surface area (Å²) in [5.74, 6) is -0.607. The lowest BCUT2D eigenvalue weighted by Crippen LogP contribution is -2.27. The zero-order chi connectivity index (χ0) is 43.2. The van der Waals surface area contributed by atoms with E-state index in [-0.39, 0.29) is 32.1 Å². The molecule has 0 saturated heterocycles. The summed E-state index contributed by atoms with van der Waals surface area (Å²) in [6.07, 6.45) is 59.9. The van der Waals surface area contributed by atoms with E-state index in [0.717, 1.165) is 103 Å². The topological polar surface area (TPSA) is 131 Å². The number of allylic oxidation sites excluding steroid dienone is 20. The van der Waals surface area contributed by atoms with Gasteiger partial charge in [0.2, 0.25) is 5.91 Å². The Morgan fingerprint density at radius 3 is 1.41 bits per heavy atom. The second-order valence-electron chi connectivity index (χ2n) is 13.9. The van der Waals surface area contributed by atoms with Gasteiger partial charge in [-0.15, -0.1) is 0 Å². The number of ether oxygens (including phenoxy) is 1. The normalized spacial score (nSPS) is 14.4. The van der Waals surface area contributed by atoms with Crippen molar-refractivity contribution in [3.8, 4) is 0 Å². The molecule has 0 aromatic carbocycles. The zero-order valence-corrected chi connectivity index (χ0v) is 37.3. The molecule has 0 aliphatic carbocycles. The number of aliphatic hydroxyl groups is 1. The summed E-state index contributed by atoms with van der Waals surface area (Å²) in [6.45, 7) is 3.20. The van der Waals surface area contributed by atoms with Gasteiger partial charge in [-0.3, -0.25) is 18.6 Å². The average Bonchev–Trinajstić information content (AvgIpc) is 3.22. The maximum Gasteiger partial charge on any atom is 0.472 e. The van der Waals surface area contributed by atoms with Crippen LogP contribution in [0.4, 0.5) is 0 Å². The predicted molar refractivity (Wildman–Crippen MR) is 247 cm³/mol. The molecule has 0 fully saturated rings. The van der Waals surface area contributed by atoms with E-state index in [4.69, 9.17) is 13.8 Å². The van der Waals surface area contributed by atoms with E-state index < -0.39 is 26.5 Å². The van der Waals surface area contributed by atoms with Crippen molar-refractivity contribution in [1.82, 2.24) is 5.32 Å². The fourth-order valence-electron chi connectivity index (χ4n) is 5.15. The Hall–Kier alpha value is -3.59. The number of esters is 1. The van der Waals surface area contributed by atoms with E-state index >= 15 is 0 Å². The van der Waals surface area contributed by atoms with Crippen molar-refractivity contribution in [3.05, 3.63) is 122 Å². The second-order valence-corrected chi connectivity index (χ2v) is 15.4. The summed E-state index contributed by atoms with van der Waals surface area (Å²) >= 11 is 0. The predicted octanol–water partition coefficient (Wildman–Crippen LogP) is 12.5. The van der Waals surface area contributed by atoms with Crippen molar-refractivity contribution in [2.24, 2.45) is 0 Å². The fraction of sp³-hybridized carbons (Fsp3) is 0.551. The molecule has 2 unspecified atom stereocenters. The van der Waals surface area contributed by atoms with Gasteiger partial charge in [0.1, 0.15) is 12.7 Å². The van der Waals surface area contributed by atoms with E-state index in [1.54, 1.807) is 0 Å². The molecular formula is C49H78NO8P. The van der Waals surface area contributed by atoms with E-state index in [2.05, 4.69) is 141 Å². The zero-order valence-electron chi connectivity index (χ0n) is 36.4. The van der Waals surface area contributed by atoms with Crippen LogP contribution in [-0.2, 0) is 27.9 Å². The van der Waals surface area contributed by atoms with Crippen molar-refractivity contribution in [2.45, 2.75) is 148 Å². The lowest BCUT2D eigenvalue weighted by molar-refractivity contribution is -0.147. The highest BCUT2D eigenvalue weighted by atomic mass is 31.2. The first-order chi connectivity index (χ1) is 28.8. The van der Waals surface area contributed by atoms with Crippen LogP contribution < -0.4 is 5.32 Å². The molecule has 0 radical (unpaired) electrons. The Kier molecular flexibility index (Phi) is 41.3. The van der Waals surface area contributed by atoms with Crippen LogP contribution in [0.5, 0.6) is 0 Å². The molecule has 1 amide bonds. The number of carbonyl (C=O) groups is 2. The van der Waals surface area contributed by atoms with Crippen molar-refractivity contribution in [2.75, 3.05) is 26.4 Å². The first kappa shape index (κ1) is 55.4. The minimum atomic E-state index is -4.45. The third-order valence-corrected chi connectivity index (χ3v) is 9.37. The van der Waals surface area contributed by atoms with Crippen LogP contribution in [0, 0.1) is 0 Å². The highest BCUT2D eigenvalue weighted by Gasteiger charge is 2.23. The van der Waals surface area contributed by atoms with Crippen molar-refractivity contribution < 1.29 is 37.9 Å². The standard InChI is InChI=1S/C49H78NO8P/c1-3-5-7-9-11-13-15-17-19-21-22-23-24-26-28-30-32-34-36-38-40-42-49(53)56-45-47(51)46-58-59(54,55)57-44-43-50-48(52)41-39-37-35-33-31-29-27-25-20-18-16-14-12-10-8-6-4-2/h5-8,11-14,17-20,22-23,26-29,33,35,47,51H,3-4,9-10,15-16,21,24-25,30-32,34,36-46H2,1-2H3,(H,50,52)(H,54,55)/b7-5-,8-6-,13-11-,14-12-,19-17-,20-18-,23-22-,28-26-,29-27-,35-33-. The molecule has 0 aliphatic rings. The molecule has 332 valence electrons. The molecule has 0 heterocycles. The minimum absolute atomic E-state index is 0.0406. The lowest BCUT2D eigenvalue weighted by Gasteiger charge is -2.15. The van der Waals surface area contributed by atoms with Gasteiger partial charge in [-0.1, -0.05) is 155 Å². The largest absolute Gasteiger partial charge is 0.472 e. The quantitative estimate of drug-likeness (QED) is 0.0241. The summed E-state index contributed by atoms with van der Waals surface area (Å²) < 4.78 is 26.8. The van der Waals surface area contributed by atoms with E-state index in [1.807, 2.05) is 0 Å². The molecule has 10 heteroatoms. The van der Waals surface area contributed by atoms with Crippen LogP contribution in [-0.4, -0.2) is 54.3 Å².